The van der Waals surface area contributed by atoms with Gasteiger partial charge in [0.1, 0.15) is 16.3 Å². The van der Waals surface area contributed by atoms with Crippen LogP contribution < -0.4 is 19.8 Å². The SMILES string of the molecule is COC(=O)c1sc(N2C(=O)c3oc4ccc(F)cc4c(=O)c3C2c2ccc(OCC(C)C)c(OC)c2)nc1C. The van der Waals surface area contributed by atoms with Crippen molar-refractivity contribution in [1.82, 2.24) is 4.98 Å². The number of thiazole rings is 1. The number of carbonyl (C=O) groups is 2. The summed E-state index contributed by atoms with van der Waals surface area (Å²) in [5.74, 6) is -0.842. The average Bonchev–Trinajstić information content (AvgIpc) is 3.44. The van der Waals surface area contributed by atoms with Gasteiger partial charge in [0.15, 0.2) is 22.1 Å². The Morgan fingerprint density at radius 1 is 1.15 bits per heavy atom. The largest absolute Gasteiger partial charge is 0.493 e. The maximum absolute atomic E-state index is 14.1. The summed E-state index contributed by atoms with van der Waals surface area (Å²) in [5, 5.41) is 0.172. The summed E-state index contributed by atoms with van der Waals surface area (Å²) >= 11 is 0.959. The molecule has 202 valence electrons. The Balaban J connectivity index is 1.73. The molecule has 11 heteroatoms. The number of nitrogens with zero attached hydrogens (tertiary/aromatic N) is 2. The maximum atomic E-state index is 14.1. The third kappa shape index (κ3) is 4.52. The number of ether oxygens (including phenoxy) is 3. The van der Waals surface area contributed by atoms with Gasteiger partial charge in [0, 0.05) is 0 Å². The fourth-order valence-electron chi connectivity index (χ4n) is 4.46. The fourth-order valence-corrected chi connectivity index (χ4v) is 5.47. The van der Waals surface area contributed by atoms with Gasteiger partial charge in [-0.05, 0) is 48.7 Å². The third-order valence-corrected chi connectivity index (χ3v) is 7.41. The quantitative estimate of drug-likeness (QED) is 0.285. The average molecular weight is 553 g/mol. The summed E-state index contributed by atoms with van der Waals surface area (Å²) in [6.45, 7) is 6.12. The van der Waals surface area contributed by atoms with Crippen molar-refractivity contribution in [2.75, 3.05) is 25.7 Å². The van der Waals surface area contributed by atoms with Gasteiger partial charge in [-0.2, -0.15) is 0 Å². The summed E-state index contributed by atoms with van der Waals surface area (Å²) in [7, 11) is 2.74. The first-order chi connectivity index (χ1) is 18.6. The van der Waals surface area contributed by atoms with Crippen LogP contribution in [0.25, 0.3) is 11.0 Å². The lowest BCUT2D eigenvalue weighted by atomic mass is 9.98. The molecule has 0 radical (unpaired) electrons. The van der Waals surface area contributed by atoms with Gasteiger partial charge in [0.25, 0.3) is 5.91 Å². The number of amides is 1. The molecule has 1 amide bonds. The second-order valence-electron chi connectivity index (χ2n) is 9.41. The molecule has 4 aromatic rings. The number of fused-ring (bicyclic) bond motifs is 2. The number of hydrogen-bond acceptors (Lipinski definition) is 9. The summed E-state index contributed by atoms with van der Waals surface area (Å²) in [4.78, 5) is 45.8. The highest BCUT2D eigenvalue weighted by molar-refractivity contribution is 7.17. The van der Waals surface area contributed by atoms with Crippen molar-refractivity contribution in [1.29, 1.82) is 0 Å². The van der Waals surface area contributed by atoms with Gasteiger partial charge in [0.05, 0.1) is 43.5 Å². The normalized spacial score (nSPS) is 14.7. The number of rotatable bonds is 7. The van der Waals surface area contributed by atoms with E-state index in [1.807, 2.05) is 13.8 Å². The van der Waals surface area contributed by atoms with E-state index in [0.29, 0.717) is 29.4 Å². The van der Waals surface area contributed by atoms with E-state index >= 15 is 0 Å². The molecule has 1 atom stereocenters. The van der Waals surface area contributed by atoms with Crippen LogP contribution >= 0.6 is 11.3 Å². The first-order valence-electron chi connectivity index (χ1n) is 12.1. The lowest BCUT2D eigenvalue weighted by Gasteiger charge is -2.23. The minimum absolute atomic E-state index is 0.00261. The van der Waals surface area contributed by atoms with E-state index in [-0.39, 0.29) is 38.2 Å². The monoisotopic (exact) mass is 552 g/mol. The van der Waals surface area contributed by atoms with Crippen LogP contribution in [0, 0.1) is 18.7 Å². The van der Waals surface area contributed by atoms with E-state index in [0.717, 1.165) is 23.5 Å². The van der Waals surface area contributed by atoms with Crippen LogP contribution in [0.4, 0.5) is 9.52 Å². The van der Waals surface area contributed by atoms with Crippen LogP contribution in [0.5, 0.6) is 11.5 Å². The lowest BCUT2D eigenvalue weighted by Crippen LogP contribution is -2.29. The lowest BCUT2D eigenvalue weighted by molar-refractivity contribution is 0.0605. The van der Waals surface area contributed by atoms with Crippen molar-refractivity contribution >= 4 is 39.3 Å². The summed E-state index contributed by atoms with van der Waals surface area (Å²) in [6, 6.07) is 7.64. The highest BCUT2D eigenvalue weighted by Gasteiger charge is 2.45. The summed E-state index contributed by atoms with van der Waals surface area (Å²) < 4.78 is 36.3. The number of carbonyl (C=O) groups excluding carboxylic acids is 2. The Bertz CT molecular complexity index is 1680. The van der Waals surface area contributed by atoms with Crippen molar-refractivity contribution in [2.24, 2.45) is 5.92 Å². The zero-order chi connectivity index (χ0) is 28.0. The second-order valence-corrected chi connectivity index (χ2v) is 10.4. The Hall–Kier alpha value is -4.25. The number of halogens is 1. The maximum Gasteiger partial charge on any atom is 0.350 e. The molecule has 0 saturated heterocycles. The number of anilines is 1. The molecule has 0 aliphatic carbocycles. The molecule has 0 fully saturated rings. The number of benzene rings is 2. The second kappa shape index (κ2) is 10.1. The Kier molecular flexibility index (Phi) is 6.85. The van der Waals surface area contributed by atoms with Gasteiger partial charge >= 0.3 is 5.97 Å². The molecule has 9 nitrogen and oxygen atoms in total. The zero-order valence-electron chi connectivity index (χ0n) is 21.9. The Labute approximate surface area is 226 Å². The van der Waals surface area contributed by atoms with Crippen LogP contribution in [0.1, 0.15) is 56.9 Å². The van der Waals surface area contributed by atoms with Gasteiger partial charge in [-0.15, -0.1) is 0 Å². The van der Waals surface area contributed by atoms with E-state index in [1.54, 1.807) is 25.1 Å². The predicted molar refractivity (Wildman–Crippen MR) is 143 cm³/mol. The van der Waals surface area contributed by atoms with E-state index < -0.39 is 29.2 Å². The molecule has 3 heterocycles. The number of hydrogen-bond donors (Lipinski definition) is 0. The van der Waals surface area contributed by atoms with Crippen molar-refractivity contribution < 1.29 is 32.6 Å². The fraction of sp³-hybridized carbons (Fsp3) is 0.286. The minimum atomic E-state index is -1.000. The van der Waals surface area contributed by atoms with E-state index in [1.165, 1.54) is 25.2 Å². The first-order valence-corrected chi connectivity index (χ1v) is 12.9. The smallest absolute Gasteiger partial charge is 0.350 e. The van der Waals surface area contributed by atoms with Crippen LogP contribution in [0.3, 0.4) is 0 Å². The van der Waals surface area contributed by atoms with Crippen molar-refractivity contribution in [3.05, 3.63) is 79.9 Å². The molecule has 1 aliphatic heterocycles. The van der Waals surface area contributed by atoms with E-state index in [4.69, 9.17) is 18.6 Å². The first kappa shape index (κ1) is 26.4. The number of esters is 1. The molecule has 2 aromatic heterocycles. The molecular formula is C28H25FN2O7S. The molecule has 1 unspecified atom stereocenters. The van der Waals surface area contributed by atoms with Gasteiger partial charge in [-0.25, -0.2) is 14.2 Å². The molecule has 39 heavy (non-hydrogen) atoms. The van der Waals surface area contributed by atoms with Crippen molar-refractivity contribution in [3.63, 3.8) is 0 Å². The molecule has 5 rings (SSSR count). The van der Waals surface area contributed by atoms with Crippen molar-refractivity contribution in [3.8, 4) is 11.5 Å². The Morgan fingerprint density at radius 3 is 2.62 bits per heavy atom. The topological polar surface area (TPSA) is 108 Å². The number of aromatic nitrogens is 1. The van der Waals surface area contributed by atoms with Gasteiger partial charge in [-0.3, -0.25) is 14.5 Å². The zero-order valence-corrected chi connectivity index (χ0v) is 22.7. The molecule has 2 aromatic carbocycles. The van der Waals surface area contributed by atoms with E-state index in [2.05, 4.69) is 4.98 Å². The van der Waals surface area contributed by atoms with Gasteiger partial charge in [0.2, 0.25) is 5.76 Å². The van der Waals surface area contributed by atoms with Crippen LogP contribution in [0.15, 0.2) is 45.6 Å². The van der Waals surface area contributed by atoms with Crippen LogP contribution in [-0.2, 0) is 4.74 Å². The molecule has 0 spiro atoms. The predicted octanol–water partition coefficient (Wildman–Crippen LogP) is 5.28. The molecular weight excluding hydrogens is 527 g/mol. The standard InChI is InChI=1S/C28H25FN2O7S/c1-13(2)12-37-19-8-6-15(10-20(19)35-4)22-21-23(32)17-11-16(29)7-9-18(17)38-24(21)26(33)31(22)28-30-14(3)25(39-28)27(34)36-5/h6-11,13,22H,12H2,1-5H3. The summed E-state index contributed by atoms with van der Waals surface area (Å²) in [6.07, 6.45) is 0. The Morgan fingerprint density at radius 2 is 1.92 bits per heavy atom. The molecule has 0 saturated carbocycles. The number of aryl methyl sites for hydroxylation is 1. The van der Waals surface area contributed by atoms with Crippen molar-refractivity contribution in [2.45, 2.75) is 26.8 Å². The third-order valence-electron chi connectivity index (χ3n) is 6.27. The van der Waals surface area contributed by atoms with E-state index in [9.17, 15) is 18.8 Å². The minimum Gasteiger partial charge on any atom is -0.493 e. The molecule has 1 aliphatic rings. The molecule has 0 N–H and O–H groups in total. The highest BCUT2D eigenvalue weighted by atomic mass is 32.1. The molecule has 0 bridgehead atoms. The van der Waals surface area contributed by atoms with Crippen LogP contribution in [0.2, 0.25) is 0 Å². The number of methoxy groups -OCH3 is 2. The van der Waals surface area contributed by atoms with Crippen LogP contribution in [-0.4, -0.2) is 37.7 Å². The van der Waals surface area contributed by atoms with Gasteiger partial charge in [-0.1, -0.05) is 31.3 Å². The summed E-state index contributed by atoms with van der Waals surface area (Å²) in [5.41, 5.74) is 0.433. The van der Waals surface area contributed by atoms with Gasteiger partial charge < -0.3 is 18.6 Å². The highest BCUT2D eigenvalue weighted by Crippen LogP contribution is 2.45.